The molecule has 6 nitrogen and oxygen atoms in total. The van der Waals surface area contributed by atoms with E-state index in [1.54, 1.807) is 20.8 Å². The lowest BCUT2D eigenvalue weighted by Crippen LogP contribution is -2.45. The van der Waals surface area contributed by atoms with Crippen LogP contribution in [-0.2, 0) is 25.4 Å². The van der Waals surface area contributed by atoms with Crippen LogP contribution in [0.1, 0.15) is 65.4 Å². The van der Waals surface area contributed by atoms with Crippen LogP contribution in [0.5, 0.6) is 0 Å². The molecule has 0 spiro atoms. The van der Waals surface area contributed by atoms with Gasteiger partial charge in [-0.15, -0.1) is 0 Å². The fraction of sp³-hybridized carbons (Fsp3) is 0.680. The number of hydrogen-bond donors (Lipinski definition) is 1. The van der Waals surface area contributed by atoms with Gasteiger partial charge in [-0.3, -0.25) is 0 Å². The van der Waals surface area contributed by atoms with Crippen molar-refractivity contribution in [3.05, 3.63) is 35.9 Å². The van der Waals surface area contributed by atoms with Crippen molar-refractivity contribution in [1.29, 1.82) is 0 Å². The molecule has 1 saturated carbocycles. The van der Waals surface area contributed by atoms with Crippen LogP contribution in [0.15, 0.2) is 30.3 Å². The number of amides is 1. The lowest BCUT2D eigenvalue weighted by atomic mass is 9.87. The Balaban J connectivity index is 1.71. The summed E-state index contributed by atoms with van der Waals surface area (Å²) in [5, 5.41) is 2.70. The number of benzene rings is 1. The van der Waals surface area contributed by atoms with Crippen LogP contribution in [0.25, 0.3) is 0 Å². The molecule has 1 aromatic rings. The summed E-state index contributed by atoms with van der Waals surface area (Å²) in [5.74, 6) is 0.328. The summed E-state index contributed by atoms with van der Waals surface area (Å²) < 4.78 is 17.6. The van der Waals surface area contributed by atoms with E-state index in [2.05, 4.69) is 17.4 Å². The van der Waals surface area contributed by atoms with Gasteiger partial charge in [-0.2, -0.15) is 0 Å². The topological polar surface area (TPSA) is 73.9 Å². The minimum atomic E-state index is -0.711. The van der Waals surface area contributed by atoms with Crippen LogP contribution < -0.4 is 5.32 Å². The molecule has 1 aliphatic heterocycles. The smallest absolute Gasteiger partial charge is 0.408 e. The van der Waals surface area contributed by atoms with E-state index >= 15 is 0 Å². The minimum Gasteiger partial charge on any atom is -0.461 e. The summed E-state index contributed by atoms with van der Waals surface area (Å²) in [7, 11) is 0. The summed E-state index contributed by atoms with van der Waals surface area (Å²) in [6.45, 7) is 8.11. The second-order valence-electron chi connectivity index (χ2n) is 9.94. The molecule has 6 heteroatoms. The number of esters is 1. The Labute approximate surface area is 186 Å². The van der Waals surface area contributed by atoms with Gasteiger partial charge < -0.3 is 19.5 Å². The molecule has 3 rings (SSSR count). The summed E-state index contributed by atoms with van der Waals surface area (Å²) in [5.41, 5.74) is 0.584. The maximum atomic E-state index is 12.9. The van der Waals surface area contributed by atoms with Gasteiger partial charge in [0.2, 0.25) is 0 Å². The molecule has 0 radical (unpaired) electrons. The molecule has 1 heterocycles. The number of rotatable bonds is 6. The first-order chi connectivity index (χ1) is 14.7. The molecule has 4 unspecified atom stereocenters. The number of cyclic esters (lactones) is 1. The third kappa shape index (κ3) is 7.84. The molecule has 0 bridgehead atoms. The first kappa shape index (κ1) is 23.6. The van der Waals surface area contributed by atoms with Gasteiger partial charge in [0.05, 0.1) is 6.10 Å². The van der Waals surface area contributed by atoms with E-state index < -0.39 is 23.7 Å². The predicted molar refractivity (Wildman–Crippen MR) is 119 cm³/mol. The average molecular weight is 432 g/mol. The summed E-state index contributed by atoms with van der Waals surface area (Å²) in [6.07, 6.45) is 4.47. The van der Waals surface area contributed by atoms with E-state index in [1.165, 1.54) is 18.4 Å². The fourth-order valence-electron chi connectivity index (χ4n) is 4.03. The van der Waals surface area contributed by atoms with Crippen molar-refractivity contribution in [2.45, 2.75) is 90.1 Å². The summed E-state index contributed by atoms with van der Waals surface area (Å²) >= 11 is 0. The molecule has 172 valence electrons. The number of carbonyl (C=O) groups excluding carboxylic acids is 2. The standard InChI is InChI=1S/C25H37NO5/c1-17-20(15-18-9-6-5-7-10-18)22(29-16-19-13-14-19)12-8-11-21(23(27)30-17)26-24(28)31-25(2,3)4/h5-7,9-10,17,19-22H,8,11-16H2,1-4H3,(H,26,28). The monoisotopic (exact) mass is 431 g/mol. The number of alkyl carbamates (subject to hydrolysis) is 1. The first-order valence-electron chi connectivity index (χ1n) is 11.6. The summed E-state index contributed by atoms with van der Waals surface area (Å²) in [6, 6.07) is 9.56. The lowest BCUT2D eigenvalue weighted by Gasteiger charge is -2.31. The van der Waals surface area contributed by atoms with Gasteiger partial charge in [-0.1, -0.05) is 30.3 Å². The van der Waals surface area contributed by atoms with Crippen molar-refractivity contribution < 1.29 is 23.8 Å². The van der Waals surface area contributed by atoms with E-state index in [-0.39, 0.29) is 18.1 Å². The highest BCUT2D eigenvalue weighted by molar-refractivity contribution is 5.81. The molecule has 0 aromatic heterocycles. The molecule has 4 atom stereocenters. The highest BCUT2D eigenvalue weighted by Gasteiger charge is 2.36. The molecule has 31 heavy (non-hydrogen) atoms. The van der Waals surface area contributed by atoms with Gasteiger partial charge in [-0.05, 0) is 77.7 Å². The average Bonchev–Trinajstić information content (AvgIpc) is 3.51. The maximum absolute atomic E-state index is 12.9. The zero-order chi connectivity index (χ0) is 22.4. The van der Waals surface area contributed by atoms with Gasteiger partial charge >= 0.3 is 12.1 Å². The van der Waals surface area contributed by atoms with Crippen LogP contribution >= 0.6 is 0 Å². The van der Waals surface area contributed by atoms with Gasteiger partial charge in [0.25, 0.3) is 0 Å². The Bertz CT molecular complexity index is 725. The van der Waals surface area contributed by atoms with E-state index in [9.17, 15) is 9.59 Å². The number of carbonyl (C=O) groups is 2. The second-order valence-corrected chi connectivity index (χ2v) is 9.94. The number of ether oxygens (including phenoxy) is 3. The van der Waals surface area contributed by atoms with E-state index in [0.717, 1.165) is 25.9 Å². The van der Waals surface area contributed by atoms with E-state index in [4.69, 9.17) is 14.2 Å². The van der Waals surface area contributed by atoms with Gasteiger partial charge in [0.1, 0.15) is 17.7 Å². The van der Waals surface area contributed by atoms with Crippen molar-refractivity contribution >= 4 is 12.1 Å². The second kappa shape index (κ2) is 10.5. The van der Waals surface area contributed by atoms with Crippen molar-refractivity contribution in [2.75, 3.05) is 6.61 Å². The molecule has 1 aromatic carbocycles. The Hall–Kier alpha value is -2.08. The van der Waals surface area contributed by atoms with Gasteiger partial charge in [-0.25, -0.2) is 9.59 Å². The Morgan fingerprint density at radius 2 is 1.84 bits per heavy atom. The quantitative estimate of drug-likeness (QED) is 0.664. The normalized spacial score (nSPS) is 27.4. The lowest BCUT2D eigenvalue weighted by molar-refractivity contribution is -0.156. The third-order valence-electron chi connectivity index (χ3n) is 5.90. The Morgan fingerprint density at radius 1 is 1.13 bits per heavy atom. The van der Waals surface area contributed by atoms with E-state index in [1.807, 2.05) is 25.1 Å². The third-order valence-corrected chi connectivity index (χ3v) is 5.90. The molecule has 1 N–H and O–H groups in total. The van der Waals surface area contributed by atoms with Crippen LogP contribution in [0.3, 0.4) is 0 Å². The molecule has 2 aliphatic rings. The Morgan fingerprint density at radius 3 is 2.48 bits per heavy atom. The van der Waals surface area contributed by atoms with Crippen molar-refractivity contribution in [1.82, 2.24) is 5.32 Å². The molecular weight excluding hydrogens is 394 g/mol. The zero-order valence-electron chi connectivity index (χ0n) is 19.3. The molecule has 1 amide bonds. The molecule has 2 fully saturated rings. The SMILES string of the molecule is CC1OC(=O)C(NC(=O)OC(C)(C)C)CCCC(OCC2CC2)C1Cc1ccccc1. The van der Waals surface area contributed by atoms with Crippen LogP contribution in [0.2, 0.25) is 0 Å². The largest absolute Gasteiger partial charge is 0.461 e. The fourth-order valence-corrected chi connectivity index (χ4v) is 4.03. The molecular formula is C25H37NO5. The molecule has 1 saturated heterocycles. The van der Waals surface area contributed by atoms with E-state index in [0.29, 0.717) is 12.3 Å². The number of hydrogen-bond acceptors (Lipinski definition) is 5. The van der Waals surface area contributed by atoms with Crippen molar-refractivity contribution in [3.63, 3.8) is 0 Å². The number of nitrogens with one attached hydrogen (secondary N) is 1. The first-order valence-corrected chi connectivity index (χ1v) is 11.6. The Kier molecular flexibility index (Phi) is 7.98. The van der Waals surface area contributed by atoms with Crippen LogP contribution in [-0.4, -0.2) is 42.5 Å². The highest BCUT2D eigenvalue weighted by Crippen LogP contribution is 2.32. The van der Waals surface area contributed by atoms with Gasteiger partial charge in [0.15, 0.2) is 0 Å². The molecule has 1 aliphatic carbocycles. The van der Waals surface area contributed by atoms with Crippen LogP contribution in [0.4, 0.5) is 4.79 Å². The predicted octanol–water partition coefficient (Wildman–Crippen LogP) is 4.65. The zero-order valence-corrected chi connectivity index (χ0v) is 19.3. The van der Waals surface area contributed by atoms with Gasteiger partial charge in [0, 0.05) is 12.5 Å². The van der Waals surface area contributed by atoms with Crippen LogP contribution in [0, 0.1) is 11.8 Å². The van der Waals surface area contributed by atoms with Crippen molar-refractivity contribution in [3.8, 4) is 0 Å². The summed E-state index contributed by atoms with van der Waals surface area (Å²) in [4.78, 5) is 25.1. The van der Waals surface area contributed by atoms with Crippen molar-refractivity contribution in [2.24, 2.45) is 11.8 Å². The maximum Gasteiger partial charge on any atom is 0.408 e. The minimum absolute atomic E-state index is 0.0175. The highest BCUT2D eigenvalue weighted by atomic mass is 16.6.